The molecule has 7 rings (SSSR count). The number of benzene rings is 3. The van der Waals surface area contributed by atoms with Gasteiger partial charge in [-0.2, -0.15) is 0 Å². The quantitative estimate of drug-likeness (QED) is 0.0295. The summed E-state index contributed by atoms with van der Waals surface area (Å²) >= 11 is 1.17. The molecule has 1 aliphatic heterocycles. The first kappa shape index (κ1) is 61.8. The van der Waals surface area contributed by atoms with E-state index in [-0.39, 0.29) is 61.0 Å². The summed E-state index contributed by atoms with van der Waals surface area (Å²) in [7, 11) is -4.08. The largest absolute Gasteiger partial charge is 0.744 e. The number of imidazole rings is 1. The molecule has 81 heavy (non-hydrogen) atoms. The summed E-state index contributed by atoms with van der Waals surface area (Å²) in [6.07, 6.45) is 13.5. The number of aromatic nitrogens is 3. The molecule has 0 radical (unpaired) electrons. The molecule has 1 aliphatic carbocycles. The lowest BCUT2D eigenvalue weighted by Crippen LogP contribution is -2.56. The Morgan fingerprint density at radius 1 is 0.840 bits per heavy atom. The van der Waals surface area contributed by atoms with Crippen LogP contribution in [0.4, 0.5) is 5.69 Å². The van der Waals surface area contributed by atoms with Gasteiger partial charge < -0.3 is 34.9 Å². The number of allylic oxidation sites excluding steroid dienone is 5. The molecular weight excluding hydrogens is 1090 g/mol. The molecule has 3 amide bonds. The number of unbranched alkanes of at least 4 members (excludes halogenated alkanes) is 1. The Labute approximate surface area is 481 Å². The summed E-state index contributed by atoms with van der Waals surface area (Å²) in [5.74, 6) is -1.44. The van der Waals surface area contributed by atoms with Crippen LogP contribution in [0.25, 0.3) is 5.57 Å². The van der Waals surface area contributed by atoms with Crippen molar-refractivity contribution in [2.75, 3.05) is 57.8 Å². The van der Waals surface area contributed by atoms with Gasteiger partial charge in [0, 0.05) is 73.6 Å². The number of piperidine rings is 1. The number of anilines is 1. The Balaban J connectivity index is 1.11. The molecule has 0 saturated carbocycles. The van der Waals surface area contributed by atoms with Crippen LogP contribution in [0.2, 0.25) is 0 Å². The van der Waals surface area contributed by atoms with Crippen molar-refractivity contribution in [1.82, 2.24) is 34.7 Å². The van der Waals surface area contributed by atoms with Crippen LogP contribution in [-0.2, 0) is 68.0 Å². The van der Waals surface area contributed by atoms with E-state index in [1.807, 2.05) is 115 Å². The maximum Gasteiger partial charge on any atom is 0.244 e. The lowest BCUT2D eigenvalue weighted by molar-refractivity contribution is -0.688. The van der Waals surface area contributed by atoms with E-state index in [0.717, 1.165) is 80.8 Å². The third kappa shape index (κ3) is 16.4. The Bertz CT molecular complexity index is 3420. The lowest BCUT2D eigenvalue weighted by Gasteiger charge is -2.31. The SMILES string of the molecule is CCN(CC)c1ccc(C(=C2C=CC(=[N+](CC)CC)C=C2)c2ccc(S(=O)(=O)NCCCC[C@H](NC(=O)Cc3csc(=N)n3C)C(=O)N[C@@H](Cc3c[n+](Cc4ccccc4)cn3C)C(=O)NC3CCN(C)CC3)cc2S(=O)(=O)[O-])cc1. The normalized spacial score (nSPS) is 14.9. The second-order valence-electron chi connectivity index (χ2n) is 20.6. The summed E-state index contributed by atoms with van der Waals surface area (Å²) in [5, 5.41) is 18.8. The number of aryl methyl sites for hydroxylation is 1. The fourth-order valence-electron chi connectivity index (χ4n) is 10.3. The number of nitrogens with one attached hydrogen (secondary N) is 5. The first-order valence-electron chi connectivity index (χ1n) is 27.7. The molecule has 2 atom stereocenters. The van der Waals surface area contributed by atoms with Crippen LogP contribution in [0.3, 0.4) is 0 Å². The van der Waals surface area contributed by atoms with Crippen molar-refractivity contribution in [3.8, 4) is 0 Å². The molecule has 0 unspecified atom stereocenters. The second kappa shape index (κ2) is 28.2. The van der Waals surface area contributed by atoms with E-state index in [2.05, 4.69) is 62.7 Å². The molecule has 1 fully saturated rings. The van der Waals surface area contributed by atoms with E-state index in [0.29, 0.717) is 28.9 Å². The van der Waals surface area contributed by atoms with Gasteiger partial charge in [0.1, 0.15) is 53.7 Å². The van der Waals surface area contributed by atoms with Gasteiger partial charge in [-0.1, -0.05) is 48.5 Å². The zero-order valence-electron chi connectivity index (χ0n) is 47.5. The van der Waals surface area contributed by atoms with Crippen molar-refractivity contribution >= 4 is 66.2 Å². The highest BCUT2D eigenvalue weighted by atomic mass is 32.2. The number of amides is 3. The molecule has 2 aromatic heterocycles. The van der Waals surface area contributed by atoms with Crippen LogP contribution in [-0.4, -0.2) is 134 Å². The van der Waals surface area contributed by atoms with E-state index < -0.39 is 53.8 Å². The van der Waals surface area contributed by atoms with Crippen LogP contribution in [0.15, 0.2) is 130 Å². The average molecular weight is 1170 g/mol. The maximum atomic E-state index is 14.5. The standard InChI is InChI=1S/C59H77N11O8S3/c1-8-69(9-2)46-24-20-43(21-25-46)56(44-22-26-47(27-23-44)70(10-3)11-4)51-29-28-50(37-54(51)81(76,77)78)80(74,75)61-32-16-15-19-52(63-55(71)36-49-40-79-59(60)67(49)7)57(72)64-53(58(73)62-45-30-33-65(5)34-31-45)35-48-39-68(41-66(48)6)38-42-17-13-12-14-18-42/h12-14,17-18,20-29,37,39-41,45,52-53,60-61H,8-11,15-16,19,30-36,38H2,1-7H3,(H2-2,62,63,64,71,72,73,76,77,78)/p+1/t52-,53-/m0/s1. The minimum absolute atomic E-state index is 0.0475. The first-order chi connectivity index (χ1) is 38.7. The number of hydrogen-bond donors (Lipinski definition) is 5. The smallest absolute Gasteiger partial charge is 0.244 e. The number of likely N-dealkylation sites (tertiary alicyclic amines) is 1. The molecule has 19 nitrogen and oxygen atoms in total. The van der Waals surface area contributed by atoms with Crippen molar-refractivity contribution in [2.24, 2.45) is 14.1 Å². The van der Waals surface area contributed by atoms with Crippen LogP contribution in [0.1, 0.15) is 87.9 Å². The maximum absolute atomic E-state index is 14.5. The van der Waals surface area contributed by atoms with Gasteiger partial charge in [-0.3, -0.25) is 19.8 Å². The monoisotopic (exact) mass is 1160 g/mol. The van der Waals surface area contributed by atoms with Gasteiger partial charge in [-0.05, 0) is 139 Å². The number of hydrogen-bond acceptors (Lipinski definition) is 12. The Kier molecular flexibility index (Phi) is 21.5. The van der Waals surface area contributed by atoms with Crippen molar-refractivity contribution in [2.45, 2.75) is 107 Å². The summed E-state index contributed by atoms with van der Waals surface area (Å²) in [6.45, 7) is 13.4. The fraction of sp³-hybridized carbons (Fsp3) is 0.424. The highest BCUT2D eigenvalue weighted by molar-refractivity contribution is 7.89. The summed E-state index contributed by atoms with van der Waals surface area (Å²) < 4.78 is 77.9. The van der Waals surface area contributed by atoms with Crippen LogP contribution in [0, 0.1) is 5.41 Å². The second-order valence-corrected chi connectivity index (χ2v) is 24.5. The van der Waals surface area contributed by atoms with Gasteiger partial charge >= 0.3 is 0 Å². The Hall–Kier alpha value is -6.82. The number of rotatable bonds is 26. The molecule has 5 N–H and O–H groups in total. The molecule has 5 aromatic rings. The fourth-order valence-corrected chi connectivity index (χ4v) is 12.9. The number of thiazole rings is 1. The van der Waals surface area contributed by atoms with Gasteiger partial charge in [0.05, 0.1) is 23.3 Å². The van der Waals surface area contributed by atoms with E-state index in [9.17, 15) is 35.8 Å². The molecule has 434 valence electrons. The van der Waals surface area contributed by atoms with Gasteiger partial charge in [-0.25, -0.2) is 35.3 Å². The van der Waals surface area contributed by atoms with Crippen LogP contribution in [0.5, 0.6) is 0 Å². The zero-order valence-corrected chi connectivity index (χ0v) is 49.9. The summed E-state index contributed by atoms with van der Waals surface area (Å²) in [5.41, 5.74) is 6.11. The highest BCUT2D eigenvalue weighted by Crippen LogP contribution is 2.36. The van der Waals surface area contributed by atoms with E-state index in [1.165, 1.54) is 23.5 Å². The average Bonchev–Trinajstić information content (AvgIpc) is 4.14. The molecule has 22 heteroatoms. The number of sulfonamides is 1. The van der Waals surface area contributed by atoms with E-state index in [4.69, 9.17) is 5.41 Å². The molecule has 2 aliphatic rings. The third-order valence-electron chi connectivity index (χ3n) is 15.0. The van der Waals surface area contributed by atoms with Crippen molar-refractivity contribution < 1.29 is 44.9 Å². The Morgan fingerprint density at radius 2 is 1.52 bits per heavy atom. The predicted molar refractivity (Wildman–Crippen MR) is 314 cm³/mol. The highest BCUT2D eigenvalue weighted by Gasteiger charge is 2.32. The van der Waals surface area contributed by atoms with Crippen molar-refractivity contribution in [3.63, 3.8) is 0 Å². The number of carbonyl (C=O) groups excluding carboxylic acids is 3. The number of nitrogens with zero attached hydrogens (tertiary/aromatic N) is 6. The lowest BCUT2D eigenvalue weighted by atomic mass is 9.90. The van der Waals surface area contributed by atoms with Crippen molar-refractivity contribution in [3.05, 3.63) is 153 Å². The number of carbonyl (C=O) groups is 3. The predicted octanol–water partition coefficient (Wildman–Crippen LogP) is 4.53. The minimum Gasteiger partial charge on any atom is -0.744 e. The third-order valence-corrected chi connectivity index (χ3v) is 18.2. The molecule has 3 heterocycles. The Morgan fingerprint density at radius 3 is 2.14 bits per heavy atom. The van der Waals surface area contributed by atoms with Crippen LogP contribution < -0.4 is 34.9 Å². The minimum atomic E-state index is -5.26. The molecule has 1 saturated heterocycles. The van der Waals surface area contributed by atoms with E-state index in [1.54, 1.807) is 17.0 Å². The van der Waals surface area contributed by atoms with E-state index >= 15 is 0 Å². The van der Waals surface area contributed by atoms with Gasteiger partial charge in [0.25, 0.3) is 0 Å². The van der Waals surface area contributed by atoms with Gasteiger partial charge in [0.15, 0.2) is 10.5 Å². The first-order valence-corrected chi connectivity index (χ1v) is 31.5. The topological polar surface area (TPSA) is 238 Å². The van der Waals surface area contributed by atoms with Crippen LogP contribution >= 0.6 is 11.3 Å². The molecule has 0 bridgehead atoms. The summed E-state index contributed by atoms with van der Waals surface area (Å²) in [6, 6.07) is 18.8. The van der Waals surface area contributed by atoms with Gasteiger partial charge in [0.2, 0.25) is 34.1 Å². The molecule has 0 spiro atoms. The molecule has 3 aromatic carbocycles. The van der Waals surface area contributed by atoms with Crippen molar-refractivity contribution in [1.29, 1.82) is 5.41 Å². The molecular formula is C59H78N11O8S3+. The summed E-state index contributed by atoms with van der Waals surface area (Å²) in [4.78, 5) is 46.0. The zero-order chi connectivity index (χ0) is 58.4. The van der Waals surface area contributed by atoms with Gasteiger partial charge in [-0.15, -0.1) is 11.3 Å².